The molecule has 1 atom stereocenters. The molecule has 0 radical (unpaired) electrons. The van der Waals surface area contributed by atoms with E-state index in [1.165, 1.54) is 5.56 Å². The summed E-state index contributed by atoms with van der Waals surface area (Å²) in [4.78, 5) is 2.18. The van der Waals surface area contributed by atoms with Gasteiger partial charge in [-0.2, -0.15) is 5.10 Å². The number of hydrogen-bond donors (Lipinski definition) is 2. The second kappa shape index (κ2) is 5.12. The number of nitrogens with zero attached hydrogens (tertiary/aromatic N) is 2. The zero-order chi connectivity index (χ0) is 10.6. The van der Waals surface area contributed by atoms with Gasteiger partial charge in [-0.05, 0) is 27.9 Å². The van der Waals surface area contributed by atoms with Crippen LogP contribution in [0, 0.1) is 6.92 Å². The number of aromatic nitrogens is 2. The van der Waals surface area contributed by atoms with Crippen LogP contribution >= 0.6 is 0 Å². The van der Waals surface area contributed by atoms with Crippen molar-refractivity contribution in [3.8, 4) is 0 Å². The highest BCUT2D eigenvalue weighted by Gasteiger charge is 2.04. The van der Waals surface area contributed by atoms with Crippen LogP contribution in [0.3, 0.4) is 0 Å². The molecule has 0 aliphatic heterocycles. The van der Waals surface area contributed by atoms with E-state index in [9.17, 15) is 0 Å². The van der Waals surface area contributed by atoms with Crippen LogP contribution in [-0.4, -0.2) is 41.8 Å². The molecule has 4 nitrogen and oxygen atoms in total. The predicted molar refractivity (Wildman–Crippen MR) is 58.2 cm³/mol. The molecule has 0 aliphatic carbocycles. The topological polar surface area (TPSA) is 44.0 Å². The summed E-state index contributed by atoms with van der Waals surface area (Å²) in [5, 5.41) is 10.4. The van der Waals surface area contributed by atoms with E-state index in [1.807, 2.05) is 13.1 Å². The smallest absolute Gasteiger partial charge is 0.0535 e. The summed E-state index contributed by atoms with van der Waals surface area (Å²) in [6.45, 7) is 6.17. The first-order chi connectivity index (χ1) is 6.59. The molecule has 1 rings (SSSR count). The first-order valence-electron chi connectivity index (χ1n) is 4.96. The number of rotatable bonds is 5. The van der Waals surface area contributed by atoms with Gasteiger partial charge in [0, 0.05) is 30.4 Å². The summed E-state index contributed by atoms with van der Waals surface area (Å²) in [5.41, 5.74) is 2.39. The van der Waals surface area contributed by atoms with Gasteiger partial charge in [0.05, 0.1) is 6.20 Å². The monoisotopic (exact) mass is 196 g/mol. The molecule has 0 aliphatic rings. The van der Waals surface area contributed by atoms with Crippen molar-refractivity contribution in [2.24, 2.45) is 0 Å². The fourth-order valence-electron chi connectivity index (χ4n) is 1.45. The van der Waals surface area contributed by atoms with Gasteiger partial charge in [0.1, 0.15) is 0 Å². The predicted octanol–water partition coefficient (Wildman–Crippen LogP) is 0.758. The van der Waals surface area contributed by atoms with Crippen LogP contribution in [0.15, 0.2) is 6.20 Å². The molecule has 80 valence electrons. The first kappa shape index (κ1) is 11.2. The first-order valence-corrected chi connectivity index (χ1v) is 4.96. The van der Waals surface area contributed by atoms with Gasteiger partial charge in [0.15, 0.2) is 0 Å². The Bertz CT molecular complexity index is 267. The summed E-state index contributed by atoms with van der Waals surface area (Å²) < 4.78 is 0. The largest absolute Gasteiger partial charge is 0.309 e. The molecule has 4 heteroatoms. The van der Waals surface area contributed by atoms with Crippen LogP contribution in [0.1, 0.15) is 18.2 Å². The van der Waals surface area contributed by atoms with Gasteiger partial charge < -0.3 is 10.2 Å². The van der Waals surface area contributed by atoms with E-state index in [4.69, 9.17) is 0 Å². The molecule has 1 aromatic heterocycles. The number of hydrogen-bond acceptors (Lipinski definition) is 3. The minimum absolute atomic E-state index is 0.499. The van der Waals surface area contributed by atoms with Gasteiger partial charge in [0.25, 0.3) is 0 Å². The third-order valence-electron chi connectivity index (χ3n) is 2.21. The maximum Gasteiger partial charge on any atom is 0.0535 e. The lowest BCUT2D eigenvalue weighted by Crippen LogP contribution is -2.35. The van der Waals surface area contributed by atoms with E-state index in [-0.39, 0.29) is 0 Å². The van der Waals surface area contributed by atoms with E-state index in [2.05, 4.69) is 41.4 Å². The number of likely N-dealkylation sites (N-methyl/N-ethyl adjacent to an activating group) is 1. The standard InChI is InChI=1S/C10H20N4/c1-8(7-14(3)4)11-5-10-6-12-13-9(10)2/h6,8,11H,5,7H2,1-4H3,(H,12,13). The van der Waals surface area contributed by atoms with Crippen molar-refractivity contribution in [3.63, 3.8) is 0 Å². The van der Waals surface area contributed by atoms with Crippen molar-refractivity contribution < 1.29 is 0 Å². The summed E-state index contributed by atoms with van der Waals surface area (Å²) in [7, 11) is 4.17. The van der Waals surface area contributed by atoms with E-state index >= 15 is 0 Å². The maximum atomic E-state index is 3.99. The van der Waals surface area contributed by atoms with Gasteiger partial charge in [0.2, 0.25) is 0 Å². The number of nitrogens with one attached hydrogen (secondary N) is 2. The molecule has 1 heterocycles. The Kier molecular flexibility index (Phi) is 4.10. The zero-order valence-electron chi connectivity index (χ0n) is 9.46. The fraction of sp³-hybridized carbons (Fsp3) is 0.700. The van der Waals surface area contributed by atoms with E-state index < -0.39 is 0 Å². The molecule has 0 fully saturated rings. The van der Waals surface area contributed by atoms with Crippen molar-refractivity contribution in [1.82, 2.24) is 20.4 Å². The second-order valence-electron chi connectivity index (χ2n) is 4.06. The third-order valence-corrected chi connectivity index (χ3v) is 2.21. The number of H-pyrrole nitrogens is 1. The van der Waals surface area contributed by atoms with Crippen molar-refractivity contribution in [3.05, 3.63) is 17.5 Å². The van der Waals surface area contributed by atoms with Crippen LogP contribution in [-0.2, 0) is 6.54 Å². The van der Waals surface area contributed by atoms with Gasteiger partial charge in [-0.1, -0.05) is 0 Å². The average Bonchev–Trinajstić information content (AvgIpc) is 2.46. The second-order valence-corrected chi connectivity index (χ2v) is 4.06. The quantitative estimate of drug-likeness (QED) is 0.730. The Morgan fingerprint density at radius 2 is 2.29 bits per heavy atom. The SMILES string of the molecule is Cc1[nH]ncc1CNC(C)CN(C)C. The molecule has 0 spiro atoms. The lowest BCUT2D eigenvalue weighted by atomic mass is 10.2. The summed E-state index contributed by atoms with van der Waals surface area (Å²) >= 11 is 0. The van der Waals surface area contributed by atoms with Gasteiger partial charge >= 0.3 is 0 Å². The van der Waals surface area contributed by atoms with Crippen LogP contribution in [0.2, 0.25) is 0 Å². The Hall–Kier alpha value is -0.870. The molecule has 0 saturated heterocycles. The van der Waals surface area contributed by atoms with Crippen LogP contribution in [0.4, 0.5) is 0 Å². The van der Waals surface area contributed by atoms with E-state index in [0.717, 1.165) is 18.8 Å². The van der Waals surface area contributed by atoms with E-state index in [1.54, 1.807) is 0 Å². The summed E-state index contributed by atoms with van der Waals surface area (Å²) in [6, 6.07) is 0.499. The minimum atomic E-state index is 0.499. The molecule has 2 N–H and O–H groups in total. The molecule has 0 aromatic carbocycles. The minimum Gasteiger partial charge on any atom is -0.309 e. The van der Waals surface area contributed by atoms with Crippen molar-refractivity contribution in [1.29, 1.82) is 0 Å². The highest BCUT2D eigenvalue weighted by Crippen LogP contribution is 2.01. The molecule has 0 saturated carbocycles. The van der Waals surface area contributed by atoms with Crippen LogP contribution in [0.25, 0.3) is 0 Å². The zero-order valence-corrected chi connectivity index (χ0v) is 9.46. The summed E-state index contributed by atoms with van der Waals surface area (Å²) in [6.07, 6.45) is 1.88. The molecule has 1 aromatic rings. The average molecular weight is 196 g/mol. The highest BCUT2D eigenvalue weighted by atomic mass is 15.1. The highest BCUT2D eigenvalue weighted by molar-refractivity contribution is 5.13. The van der Waals surface area contributed by atoms with Crippen molar-refractivity contribution in [2.45, 2.75) is 26.4 Å². The Balaban J connectivity index is 2.30. The fourth-order valence-corrected chi connectivity index (χ4v) is 1.45. The third kappa shape index (κ3) is 3.47. The van der Waals surface area contributed by atoms with Gasteiger partial charge in [-0.25, -0.2) is 0 Å². The lowest BCUT2D eigenvalue weighted by molar-refractivity contribution is 0.349. The molecule has 1 unspecified atom stereocenters. The van der Waals surface area contributed by atoms with Gasteiger partial charge in [-0.15, -0.1) is 0 Å². The Morgan fingerprint density at radius 1 is 1.57 bits per heavy atom. The maximum absolute atomic E-state index is 3.99. The van der Waals surface area contributed by atoms with Crippen LogP contribution < -0.4 is 5.32 Å². The molecular weight excluding hydrogens is 176 g/mol. The van der Waals surface area contributed by atoms with Crippen molar-refractivity contribution >= 4 is 0 Å². The molecular formula is C10H20N4. The number of aryl methyl sites for hydroxylation is 1. The normalized spacial score (nSPS) is 13.5. The van der Waals surface area contributed by atoms with E-state index in [0.29, 0.717) is 6.04 Å². The Morgan fingerprint density at radius 3 is 2.79 bits per heavy atom. The lowest BCUT2D eigenvalue weighted by Gasteiger charge is -2.17. The molecule has 14 heavy (non-hydrogen) atoms. The molecule has 0 bridgehead atoms. The Labute approximate surface area is 85.7 Å². The van der Waals surface area contributed by atoms with Crippen LogP contribution in [0.5, 0.6) is 0 Å². The summed E-state index contributed by atoms with van der Waals surface area (Å²) in [5.74, 6) is 0. The number of aromatic amines is 1. The van der Waals surface area contributed by atoms with Crippen molar-refractivity contribution in [2.75, 3.05) is 20.6 Å². The molecule has 0 amide bonds. The van der Waals surface area contributed by atoms with Gasteiger partial charge in [-0.3, -0.25) is 5.10 Å².